The summed E-state index contributed by atoms with van der Waals surface area (Å²) in [6, 6.07) is 22.4. The zero-order valence-electron chi connectivity index (χ0n) is 11.4. The molecule has 0 unspecified atom stereocenters. The molecule has 0 saturated carbocycles. The van der Waals surface area contributed by atoms with Crippen molar-refractivity contribution < 1.29 is 0 Å². The highest BCUT2D eigenvalue weighted by molar-refractivity contribution is 6.78. The van der Waals surface area contributed by atoms with Gasteiger partial charge in [0.1, 0.15) is 0 Å². The van der Waals surface area contributed by atoms with Gasteiger partial charge in [-0.1, -0.05) is 71.6 Å². The number of hydrogen-bond acceptors (Lipinski definition) is 0. The molecule has 0 aliphatic carbocycles. The van der Waals surface area contributed by atoms with Crippen molar-refractivity contribution in [2.24, 2.45) is 0 Å². The summed E-state index contributed by atoms with van der Waals surface area (Å²) >= 11 is 0. The second-order valence-corrected chi connectivity index (χ2v) is 6.01. The van der Waals surface area contributed by atoms with E-state index in [1.807, 2.05) is 0 Å². The summed E-state index contributed by atoms with van der Waals surface area (Å²) in [4.78, 5) is 0. The lowest BCUT2D eigenvalue weighted by molar-refractivity contribution is 1.82. The van der Waals surface area contributed by atoms with Crippen LogP contribution in [0.3, 0.4) is 0 Å². The largest absolute Gasteiger partial charge is 0.193 e. The Morgan fingerprint density at radius 1 is 0.476 bits per heavy atom. The molecule has 21 heavy (non-hydrogen) atoms. The maximum atomic E-state index is 2.34. The topological polar surface area (TPSA) is 0 Å². The fourth-order valence-electron chi connectivity index (χ4n) is 4.19. The lowest BCUT2D eigenvalue weighted by Crippen LogP contribution is -2.20. The Hall–Kier alpha value is -2.54. The first-order valence-electron chi connectivity index (χ1n) is 7.39. The third kappa shape index (κ3) is 1.04. The summed E-state index contributed by atoms with van der Waals surface area (Å²) in [5.74, 6) is 0. The smallest absolute Gasteiger partial charge is 0.0731 e. The van der Waals surface area contributed by atoms with Crippen LogP contribution in [0.5, 0.6) is 0 Å². The van der Waals surface area contributed by atoms with Crippen molar-refractivity contribution in [3.63, 3.8) is 0 Å². The van der Waals surface area contributed by atoms with Gasteiger partial charge in [-0.05, 0) is 43.1 Å². The Kier molecular flexibility index (Phi) is 1.56. The lowest BCUT2D eigenvalue weighted by Gasteiger charge is -2.14. The van der Waals surface area contributed by atoms with E-state index in [-0.39, 0.29) is 0 Å². The van der Waals surface area contributed by atoms with Crippen molar-refractivity contribution in [2.75, 3.05) is 0 Å². The van der Waals surface area contributed by atoms with E-state index in [0.717, 1.165) is 0 Å². The van der Waals surface area contributed by atoms with E-state index in [0.29, 0.717) is 0 Å². The SMILES string of the molecule is [B]1c2ccc3cccc4c5cccc6ccc1c(c2c34)c65. The average Bonchev–Trinajstić information content (AvgIpc) is 2.93. The average molecular weight is 261 g/mol. The molecule has 1 aliphatic heterocycles. The van der Waals surface area contributed by atoms with Crippen LogP contribution in [-0.2, 0) is 0 Å². The second kappa shape index (κ2) is 3.20. The summed E-state index contributed by atoms with van der Waals surface area (Å²) in [5.41, 5.74) is 2.74. The highest BCUT2D eigenvalue weighted by Crippen LogP contribution is 2.39. The summed E-state index contributed by atoms with van der Waals surface area (Å²) in [7, 11) is 2.34. The highest BCUT2D eigenvalue weighted by Gasteiger charge is 2.22. The van der Waals surface area contributed by atoms with Crippen LogP contribution < -0.4 is 10.9 Å². The second-order valence-electron chi connectivity index (χ2n) is 6.01. The Morgan fingerprint density at radius 3 is 1.52 bits per heavy atom. The molecular weight excluding hydrogens is 251 g/mol. The van der Waals surface area contributed by atoms with E-state index in [2.05, 4.69) is 67.9 Å². The predicted molar refractivity (Wildman–Crippen MR) is 92.7 cm³/mol. The van der Waals surface area contributed by atoms with Gasteiger partial charge in [0.25, 0.3) is 0 Å². The summed E-state index contributed by atoms with van der Waals surface area (Å²) in [6.45, 7) is 0. The Morgan fingerprint density at radius 2 is 1.00 bits per heavy atom. The van der Waals surface area contributed by atoms with Gasteiger partial charge in [-0.15, -0.1) is 0 Å². The molecule has 1 radical (unpaired) electrons. The molecule has 0 amide bonds. The van der Waals surface area contributed by atoms with E-state index in [4.69, 9.17) is 0 Å². The maximum absolute atomic E-state index is 2.34. The van der Waals surface area contributed by atoms with Crippen LogP contribution >= 0.6 is 0 Å². The Balaban J connectivity index is 2.18. The van der Waals surface area contributed by atoms with Crippen molar-refractivity contribution in [1.82, 2.24) is 0 Å². The maximum Gasteiger partial charge on any atom is 0.193 e. The van der Waals surface area contributed by atoms with E-state index in [1.54, 1.807) is 0 Å². The van der Waals surface area contributed by atoms with Crippen molar-refractivity contribution in [3.8, 4) is 0 Å². The molecule has 0 aromatic heterocycles. The van der Waals surface area contributed by atoms with Crippen molar-refractivity contribution in [1.29, 1.82) is 0 Å². The summed E-state index contributed by atoms with van der Waals surface area (Å²) in [6.07, 6.45) is 0. The summed E-state index contributed by atoms with van der Waals surface area (Å²) < 4.78 is 0. The minimum absolute atomic E-state index is 1.35. The first kappa shape index (κ1) is 10.2. The van der Waals surface area contributed by atoms with Crippen LogP contribution in [0.25, 0.3) is 43.1 Å². The molecule has 5 aromatic rings. The van der Waals surface area contributed by atoms with Crippen molar-refractivity contribution in [3.05, 3.63) is 60.7 Å². The quantitative estimate of drug-likeness (QED) is 0.222. The van der Waals surface area contributed by atoms with Crippen LogP contribution in [0.1, 0.15) is 0 Å². The van der Waals surface area contributed by atoms with Gasteiger partial charge < -0.3 is 0 Å². The molecule has 0 N–H and O–H groups in total. The van der Waals surface area contributed by atoms with Crippen LogP contribution in [0, 0.1) is 0 Å². The monoisotopic (exact) mass is 261 g/mol. The van der Waals surface area contributed by atoms with Gasteiger partial charge in [0.05, 0.1) is 0 Å². The zero-order valence-corrected chi connectivity index (χ0v) is 11.4. The molecule has 1 heterocycles. The molecule has 93 valence electrons. The van der Waals surface area contributed by atoms with Gasteiger partial charge in [0, 0.05) is 0 Å². The minimum Gasteiger partial charge on any atom is -0.0731 e. The zero-order chi connectivity index (χ0) is 13.6. The fourth-order valence-corrected chi connectivity index (χ4v) is 4.19. The summed E-state index contributed by atoms with van der Waals surface area (Å²) in [5, 5.41) is 11.2. The highest BCUT2D eigenvalue weighted by atomic mass is 14.2. The lowest BCUT2D eigenvalue weighted by atomic mass is 9.67. The van der Waals surface area contributed by atoms with E-state index in [1.165, 1.54) is 54.0 Å². The molecule has 0 saturated heterocycles. The number of rotatable bonds is 0. The molecule has 5 aromatic carbocycles. The Bertz CT molecular complexity index is 1110. The van der Waals surface area contributed by atoms with Crippen LogP contribution in [0.15, 0.2) is 60.7 Å². The molecule has 1 heteroatoms. The first-order valence-corrected chi connectivity index (χ1v) is 7.39. The van der Waals surface area contributed by atoms with Crippen LogP contribution in [0.4, 0.5) is 0 Å². The number of fused-ring (bicyclic) bond motifs is 1. The first-order chi connectivity index (χ1) is 10.4. The van der Waals surface area contributed by atoms with Gasteiger partial charge in [0.2, 0.25) is 0 Å². The van der Waals surface area contributed by atoms with Crippen molar-refractivity contribution in [2.45, 2.75) is 0 Å². The predicted octanol–water partition coefficient (Wildman–Crippen LogP) is 3.71. The third-order valence-corrected chi connectivity index (χ3v) is 5.01. The van der Waals surface area contributed by atoms with Gasteiger partial charge in [-0.3, -0.25) is 0 Å². The molecule has 0 nitrogen and oxygen atoms in total. The number of hydrogen-bond donors (Lipinski definition) is 0. The molecule has 0 fully saturated rings. The molecule has 0 atom stereocenters. The van der Waals surface area contributed by atoms with Gasteiger partial charge >= 0.3 is 0 Å². The molecule has 0 bridgehead atoms. The van der Waals surface area contributed by atoms with Crippen LogP contribution in [0.2, 0.25) is 0 Å². The standard InChI is InChI=1S/C20H10B/c1-3-11-7-9-15-19-17(11)13(5-1)14-6-2-4-12-8-10-16(21-15)20(19)18(12)14/h1-10H. The van der Waals surface area contributed by atoms with E-state index in [9.17, 15) is 0 Å². The van der Waals surface area contributed by atoms with Gasteiger partial charge in [-0.2, -0.15) is 0 Å². The normalized spacial score (nSPS) is 13.1. The fraction of sp³-hybridized carbons (Fsp3) is 0. The van der Waals surface area contributed by atoms with E-state index < -0.39 is 0 Å². The Labute approximate surface area is 122 Å². The van der Waals surface area contributed by atoms with Gasteiger partial charge in [0.15, 0.2) is 7.28 Å². The molecule has 1 aliphatic rings. The number of benzene rings is 5. The minimum atomic E-state index is 1.35. The third-order valence-electron chi connectivity index (χ3n) is 5.01. The van der Waals surface area contributed by atoms with Crippen molar-refractivity contribution >= 4 is 61.3 Å². The van der Waals surface area contributed by atoms with Crippen LogP contribution in [-0.4, -0.2) is 7.28 Å². The molecule has 0 spiro atoms. The van der Waals surface area contributed by atoms with Gasteiger partial charge in [-0.25, -0.2) is 0 Å². The molecule has 6 rings (SSSR count). The van der Waals surface area contributed by atoms with E-state index >= 15 is 0 Å². The molecular formula is C20H10B.